The van der Waals surface area contributed by atoms with Gasteiger partial charge in [0.25, 0.3) is 0 Å². The molecule has 1 atom stereocenters. The molecule has 5 heteroatoms. The number of piperidine rings is 2. The summed E-state index contributed by atoms with van der Waals surface area (Å²) in [6.45, 7) is 6.60. The highest BCUT2D eigenvalue weighted by atomic mass is 35.5. The average Bonchev–Trinajstić information content (AvgIpc) is 2.81. The number of amides is 1. The largest absolute Gasteiger partial charge is 0.352 e. The Morgan fingerprint density at radius 3 is 2.26 bits per heavy atom. The maximum absolute atomic E-state index is 13.0. The summed E-state index contributed by atoms with van der Waals surface area (Å²) in [5.41, 5.74) is 3.72. The topological polar surface area (TPSA) is 35.6 Å². The van der Waals surface area contributed by atoms with Crippen LogP contribution in [0.5, 0.6) is 0 Å². The fourth-order valence-corrected chi connectivity index (χ4v) is 5.05. The van der Waals surface area contributed by atoms with Gasteiger partial charge in [0.2, 0.25) is 5.91 Å². The second-order valence-corrected chi connectivity index (χ2v) is 9.40. The highest BCUT2D eigenvalue weighted by Crippen LogP contribution is 2.23. The Hall–Kier alpha value is -1.88. The summed E-state index contributed by atoms with van der Waals surface area (Å²) in [5.74, 6) is 0.224. The molecule has 2 fully saturated rings. The molecule has 1 unspecified atom stereocenters. The van der Waals surface area contributed by atoms with Crippen LogP contribution in [0.4, 0.5) is 0 Å². The molecule has 31 heavy (non-hydrogen) atoms. The SMILES string of the molecule is O=C(NCc1ccccc1CN1CCCCC1)C1CCCN(Cc2ccccc2Cl)C1. The molecule has 2 aliphatic rings. The van der Waals surface area contributed by atoms with Gasteiger partial charge in [-0.25, -0.2) is 0 Å². The van der Waals surface area contributed by atoms with Crippen molar-refractivity contribution in [3.63, 3.8) is 0 Å². The van der Waals surface area contributed by atoms with Crippen LogP contribution in [-0.4, -0.2) is 41.9 Å². The molecule has 4 rings (SSSR count). The third-order valence-corrected chi connectivity index (χ3v) is 7.01. The molecule has 1 N–H and O–H groups in total. The van der Waals surface area contributed by atoms with Gasteiger partial charge in [-0.2, -0.15) is 0 Å². The molecule has 4 nitrogen and oxygen atoms in total. The first kappa shape index (κ1) is 22.3. The van der Waals surface area contributed by atoms with Gasteiger partial charge < -0.3 is 5.32 Å². The zero-order valence-electron chi connectivity index (χ0n) is 18.4. The number of carbonyl (C=O) groups is 1. The average molecular weight is 440 g/mol. The summed E-state index contributed by atoms with van der Waals surface area (Å²) >= 11 is 6.34. The Kier molecular flexibility index (Phi) is 8.01. The van der Waals surface area contributed by atoms with Crippen LogP contribution < -0.4 is 5.32 Å². The van der Waals surface area contributed by atoms with Crippen LogP contribution in [0.2, 0.25) is 5.02 Å². The molecule has 1 amide bonds. The minimum Gasteiger partial charge on any atom is -0.352 e. The van der Waals surface area contributed by atoms with Crippen molar-refractivity contribution < 1.29 is 4.79 Å². The summed E-state index contributed by atoms with van der Waals surface area (Å²) in [4.78, 5) is 17.9. The molecular weight excluding hydrogens is 406 g/mol. The van der Waals surface area contributed by atoms with Crippen LogP contribution in [-0.2, 0) is 24.4 Å². The van der Waals surface area contributed by atoms with Crippen LogP contribution in [0.25, 0.3) is 0 Å². The Balaban J connectivity index is 1.31. The van der Waals surface area contributed by atoms with Crippen molar-refractivity contribution in [3.05, 3.63) is 70.2 Å². The number of carbonyl (C=O) groups excluding carboxylic acids is 1. The van der Waals surface area contributed by atoms with Crippen molar-refractivity contribution in [2.45, 2.75) is 51.7 Å². The van der Waals surface area contributed by atoms with E-state index in [0.29, 0.717) is 6.54 Å². The predicted molar refractivity (Wildman–Crippen MR) is 127 cm³/mol. The van der Waals surface area contributed by atoms with E-state index in [0.717, 1.165) is 49.6 Å². The van der Waals surface area contributed by atoms with Crippen LogP contribution in [0.3, 0.4) is 0 Å². The maximum Gasteiger partial charge on any atom is 0.224 e. The third-order valence-electron chi connectivity index (χ3n) is 6.64. The summed E-state index contributed by atoms with van der Waals surface area (Å²) in [5, 5.41) is 4.04. The van der Waals surface area contributed by atoms with E-state index in [9.17, 15) is 4.79 Å². The first-order chi connectivity index (χ1) is 15.2. The molecule has 2 heterocycles. The number of benzene rings is 2. The monoisotopic (exact) mass is 439 g/mol. The van der Waals surface area contributed by atoms with Gasteiger partial charge >= 0.3 is 0 Å². The number of hydrogen-bond acceptors (Lipinski definition) is 3. The van der Waals surface area contributed by atoms with Crippen LogP contribution in [0, 0.1) is 5.92 Å². The minimum absolute atomic E-state index is 0.0468. The fraction of sp³-hybridized carbons (Fsp3) is 0.500. The van der Waals surface area contributed by atoms with E-state index in [2.05, 4.69) is 45.4 Å². The zero-order chi connectivity index (χ0) is 21.5. The van der Waals surface area contributed by atoms with Crippen molar-refractivity contribution in [2.75, 3.05) is 26.2 Å². The summed E-state index contributed by atoms with van der Waals surface area (Å²) in [6.07, 6.45) is 5.95. The van der Waals surface area contributed by atoms with E-state index in [1.54, 1.807) is 0 Å². The second kappa shape index (κ2) is 11.1. The molecule has 0 spiro atoms. The molecule has 2 aliphatic heterocycles. The van der Waals surface area contributed by atoms with Crippen LogP contribution >= 0.6 is 11.6 Å². The first-order valence-electron chi connectivity index (χ1n) is 11.7. The molecule has 0 saturated carbocycles. The molecule has 0 radical (unpaired) electrons. The molecule has 0 aliphatic carbocycles. The molecule has 166 valence electrons. The van der Waals surface area contributed by atoms with Gasteiger partial charge in [-0.15, -0.1) is 0 Å². The van der Waals surface area contributed by atoms with Crippen molar-refractivity contribution in [1.82, 2.24) is 15.1 Å². The van der Waals surface area contributed by atoms with E-state index < -0.39 is 0 Å². The predicted octanol–water partition coefficient (Wildman–Crippen LogP) is 4.85. The number of rotatable bonds is 7. The Morgan fingerprint density at radius 1 is 0.839 bits per heavy atom. The van der Waals surface area contributed by atoms with Crippen LogP contribution in [0.1, 0.15) is 48.8 Å². The van der Waals surface area contributed by atoms with Crippen molar-refractivity contribution >= 4 is 17.5 Å². The molecule has 2 aromatic carbocycles. The lowest BCUT2D eigenvalue weighted by molar-refractivity contribution is -0.126. The Bertz CT molecular complexity index is 865. The van der Waals surface area contributed by atoms with E-state index in [4.69, 9.17) is 11.6 Å². The summed E-state index contributed by atoms with van der Waals surface area (Å²) in [7, 11) is 0. The standard InChI is InChI=1S/C26H34ClN3O/c27-25-13-5-4-11-23(25)19-30-16-8-12-24(20-30)26(31)28-17-21-9-2-3-10-22(21)18-29-14-6-1-7-15-29/h2-5,9-11,13,24H,1,6-8,12,14-20H2,(H,28,31). The lowest BCUT2D eigenvalue weighted by atomic mass is 9.96. The molecular formula is C26H34ClN3O. The second-order valence-electron chi connectivity index (χ2n) is 8.99. The minimum atomic E-state index is 0.0468. The fourth-order valence-electron chi connectivity index (χ4n) is 4.85. The number of likely N-dealkylation sites (tertiary alicyclic amines) is 2. The third kappa shape index (κ3) is 6.31. The zero-order valence-corrected chi connectivity index (χ0v) is 19.1. The highest BCUT2D eigenvalue weighted by molar-refractivity contribution is 6.31. The first-order valence-corrected chi connectivity index (χ1v) is 12.1. The van der Waals surface area contributed by atoms with Gasteiger partial charge in [-0.05, 0) is 68.1 Å². The maximum atomic E-state index is 13.0. The van der Waals surface area contributed by atoms with E-state index >= 15 is 0 Å². The molecule has 2 aromatic rings. The molecule has 0 aromatic heterocycles. The lowest BCUT2D eigenvalue weighted by Gasteiger charge is -2.32. The van der Waals surface area contributed by atoms with Crippen molar-refractivity contribution in [1.29, 1.82) is 0 Å². The Labute approximate surface area is 191 Å². The number of hydrogen-bond donors (Lipinski definition) is 1. The summed E-state index contributed by atoms with van der Waals surface area (Å²) in [6, 6.07) is 16.5. The number of nitrogens with zero attached hydrogens (tertiary/aromatic N) is 2. The van der Waals surface area contributed by atoms with Gasteiger partial charge in [0.05, 0.1) is 5.92 Å². The van der Waals surface area contributed by atoms with Crippen LogP contribution in [0.15, 0.2) is 48.5 Å². The summed E-state index contributed by atoms with van der Waals surface area (Å²) < 4.78 is 0. The smallest absolute Gasteiger partial charge is 0.224 e. The van der Waals surface area contributed by atoms with Crippen molar-refractivity contribution in [2.24, 2.45) is 5.92 Å². The molecule has 0 bridgehead atoms. The van der Waals surface area contributed by atoms with Gasteiger partial charge in [0.15, 0.2) is 0 Å². The highest BCUT2D eigenvalue weighted by Gasteiger charge is 2.26. The number of halogens is 1. The molecule has 2 saturated heterocycles. The van der Waals surface area contributed by atoms with Gasteiger partial charge in [-0.1, -0.05) is 60.5 Å². The van der Waals surface area contributed by atoms with Crippen molar-refractivity contribution in [3.8, 4) is 0 Å². The Morgan fingerprint density at radius 2 is 1.48 bits per heavy atom. The number of nitrogens with one attached hydrogen (secondary N) is 1. The normalized spacial score (nSPS) is 20.5. The van der Waals surface area contributed by atoms with Gasteiger partial charge in [0.1, 0.15) is 0 Å². The van der Waals surface area contributed by atoms with E-state index in [1.165, 1.54) is 43.5 Å². The van der Waals surface area contributed by atoms with E-state index in [1.807, 2.05) is 18.2 Å². The quantitative estimate of drug-likeness (QED) is 0.669. The van der Waals surface area contributed by atoms with Gasteiger partial charge in [0, 0.05) is 31.2 Å². The van der Waals surface area contributed by atoms with E-state index in [-0.39, 0.29) is 11.8 Å². The lowest BCUT2D eigenvalue weighted by Crippen LogP contribution is -2.42. The van der Waals surface area contributed by atoms with Gasteiger partial charge in [-0.3, -0.25) is 14.6 Å².